The van der Waals surface area contributed by atoms with Crippen LogP contribution in [0.1, 0.15) is 34.1 Å². The van der Waals surface area contributed by atoms with Crippen molar-refractivity contribution in [1.29, 1.82) is 0 Å². The van der Waals surface area contributed by atoms with Gasteiger partial charge >= 0.3 is 0 Å². The Kier molecular flexibility index (Phi) is 4.50. The molecule has 1 N–H and O–H groups in total. The number of pyridine rings is 1. The highest BCUT2D eigenvalue weighted by atomic mass is 19.1. The first kappa shape index (κ1) is 14.7. The third kappa shape index (κ3) is 3.23. The molecule has 0 radical (unpaired) electrons. The molecule has 2 aromatic rings. The second-order valence-electron chi connectivity index (χ2n) is 5.24. The Hall–Kier alpha value is -1.74. The molecule has 0 aliphatic rings. The fourth-order valence-electron chi connectivity index (χ4n) is 2.51. The molecule has 2 rings (SSSR count). The standard InChI is InChI=1S/C17H21FN2/c1-11-5-7-15(18)9-14(11)10-17(19-4)16-8-6-12(2)20-13(16)3/h5-9,17,19H,10H2,1-4H3. The second kappa shape index (κ2) is 6.14. The van der Waals surface area contributed by atoms with Crippen LogP contribution in [0.15, 0.2) is 30.3 Å². The molecule has 1 aromatic carbocycles. The van der Waals surface area contributed by atoms with Gasteiger partial charge in [-0.15, -0.1) is 0 Å². The molecule has 1 aromatic heterocycles. The van der Waals surface area contributed by atoms with E-state index in [2.05, 4.69) is 16.4 Å². The maximum absolute atomic E-state index is 13.4. The fraction of sp³-hybridized carbons (Fsp3) is 0.353. The highest BCUT2D eigenvalue weighted by Gasteiger charge is 2.15. The molecule has 0 fully saturated rings. The Morgan fingerprint density at radius 3 is 2.55 bits per heavy atom. The lowest BCUT2D eigenvalue weighted by molar-refractivity contribution is 0.577. The predicted molar refractivity (Wildman–Crippen MR) is 80.4 cm³/mol. The number of benzene rings is 1. The molecule has 0 spiro atoms. The molecule has 20 heavy (non-hydrogen) atoms. The topological polar surface area (TPSA) is 24.9 Å². The number of nitrogens with one attached hydrogen (secondary N) is 1. The van der Waals surface area contributed by atoms with Gasteiger partial charge in [-0.1, -0.05) is 12.1 Å². The molecule has 0 aliphatic heterocycles. The monoisotopic (exact) mass is 272 g/mol. The van der Waals surface area contributed by atoms with Crippen LogP contribution in [0, 0.1) is 26.6 Å². The summed E-state index contributed by atoms with van der Waals surface area (Å²) in [5.74, 6) is -0.181. The van der Waals surface area contributed by atoms with Gasteiger partial charge in [-0.3, -0.25) is 4.98 Å². The van der Waals surface area contributed by atoms with E-state index < -0.39 is 0 Å². The number of aromatic nitrogens is 1. The molecule has 3 heteroatoms. The van der Waals surface area contributed by atoms with Gasteiger partial charge in [0.15, 0.2) is 0 Å². The van der Waals surface area contributed by atoms with E-state index in [0.29, 0.717) is 0 Å². The Labute approximate surface area is 120 Å². The highest BCUT2D eigenvalue weighted by Crippen LogP contribution is 2.23. The van der Waals surface area contributed by atoms with Crippen LogP contribution in [0.2, 0.25) is 0 Å². The van der Waals surface area contributed by atoms with E-state index in [-0.39, 0.29) is 11.9 Å². The van der Waals surface area contributed by atoms with Gasteiger partial charge < -0.3 is 5.32 Å². The van der Waals surface area contributed by atoms with Crippen molar-refractivity contribution in [2.75, 3.05) is 7.05 Å². The lowest BCUT2D eigenvalue weighted by Crippen LogP contribution is -2.21. The van der Waals surface area contributed by atoms with E-state index in [1.807, 2.05) is 40.0 Å². The molecule has 0 amide bonds. The Morgan fingerprint density at radius 1 is 1.15 bits per heavy atom. The van der Waals surface area contributed by atoms with Gasteiger partial charge in [-0.05, 0) is 69.1 Å². The highest BCUT2D eigenvalue weighted by molar-refractivity contribution is 5.31. The summed E-state index contributed by atoms with van der Waals surface area (Å²) in [4.78, 5) is 4.51. The number of nitrogens with zero attached hydrogens (tertiary/aromatic N) is 1. The van der Waals surface area contributed by atoms with E-state index in [1.54, 1.807) is 6.07 Å². The average Bonchev–Trinajstić information content (AvgIpc) is 2.40. The molecule has 0 saturated heterocycles. The van der Waals surface area contributed by atoms with E-state index in [4.69, 9.17) is 0 Å². The summed E-state index contributed by atoms with van der Waals surface area (Å²) in [5.41, 5.74) is 5.36. The van der Waals surface area contributed by atoms with Crippen LogP contribution in [-0.2, 0) is 6.42 Å². The predicted octanol–water partition coefficient (Wildman–Crippen LogP) is 3.65. The first-order chi connectivity index (χ1) is 9.51. The number of hydrogen-bond acceptors (Lipinski definition) is 2. The summed E-state index contributed by atoms with van der Waals surface area (Å²) in [6, 6.07) is 9.22. The van der Waals surface area contributed by atoms with Crippen molar-refractivity contribution < 1.29 is 4.39 Å². The van der Waals surface area contributed by atoms with Gasteiger partial charge in [-0.2, -0.15) is 0 Å². The van der Waals surface area contributed by atoms with Gasteiger partial charge in [0.05, 0.1) is 0 Å². The largest absolute Gasteiger partial charge is 0.313 e. The normalized spacial score (nSPS) is 12.4. The van der Waals surface area contributed by atoms with Crippen LogP contribution in [0.5, 0.6) is 0 Å². The number of hydrogen-bond donors (Lipinski definition) is 1. The van der Waals surface area contributed by atoms with Crippen LogP contribution in [0.3, 0.4) is 0 Å². The molecule has 0 bridgehead atoms. The van der Waals surface area contributed by atoms with E-state index in [1.165, 1.54) is 11.6 Å². The zero-order chi connectivity index (χ0) is 14.7. The first-order valence-electron chi connectivity index (χ1n) is 6.87. The van der Waals surface area contributed by atoms with Crippen molar-refractivity contribution >= 4 is 0 Å². The summed E-state index contributed by atoms with van der Waals surface area (Å²) < 4.78 is 13.4. The maximum Gasteiger partial charge on any atom is 0.123 e. The van der Waals surface area contributed by atoms with E-state index in [0.717, 1.165) is 28.9 Å². The Morgan fingerprint density at radius 2 is 1.90 bits per heavy atom. The number of rotatable bonds is 4. The van der Waals surface area contributed by atoms with Crippen molar-refractivity contribution in [2.24, 2.45) is 0 Å². The quantitative estimate of drug-likeness (QED) is 0.919. The molecule has 1 unspecified atom stereocenters. The average molecular weight is 272 g/mol. The van der Waals surface area contributed by atoms with Crippen LogP contribution in [0.4, 0.5) is 4.39 Å². The minimum absolute atomic E-state index is 0.142. The van der Waals surface area contributed by atoms with Crippen molar-refractivity contribution in [3.63, 3.8) is 0 Å². The number of aryl methyl sites for hydroxylation is 3. The van der Waals surface area contributed by atoms with Crippen molar-refractivity contribution in [2.45, 2.75) is 33.2 Å². The smallest absolute Gasteiger partial charge is 0.123 e. The van der Waals surface area contributed by atoms with Crippen molar-refractivity contribution in [1.82, 2.24) is 10.3 Å². The molecule has 0 aliphatic carbocycles. The molecular weight excluding hydrogens is 251 g/mol. The summed E-state index contributed by atoms with van der Waals surface area (Å²) in [6.07, 6.45) is 0.756. The van der Waals surface area contributed by atoms with Crippen molar-refractivity contribution in [3.05, 3.63) is 64.2 Å². The summed E-state index contributed by atoms with van der Waals surface area (Å²) in [7, 11) is 1.93. The third-order valence-corrected chi connectivity index (χ3v) is 3.73. The molecule has 2 nitrogen and oxygen atoms in total. The molecule has 106 valence electrons. The second-order valence-corrected chi connectivity index (χ2v) is 5.24. The molecule has 0 saturated carbocycles. The fourth-order valence-corrected chi connectivity index (χ4v) is 2.51. The van der Waals surface area contributed by atoms with Gasteiger partial charge in [-0.25, -0.2) is 4.39 Å². The lowest BCUT2D eigenvalue weighted by Gasteiger charge is -2.20. The van der Waals surface area contributed by atoms with Crippen LogP contribution >= 0.6 is 0 Å². The lowest BCUT2D eigenvalue weighted by atomic mass is 9.95. The summed E-state index contributed by atoms with van der Waals surface area (Å²) in [6.45, 7) is 6.02. The zero-order valence-corrected chi connectivity index (χ0v) is 12.5. The molecule has 1 heterocycles. The van der Waals surface area contributed by atoms with Gasteiger partial charge in [0.2, 0.25) is 0 Å². The Bertz CT molecular complexity index is 608. The summed E-state index contributed by atoms with van der Waals surface area (Å²) >= 11 is 0. The Balaban J connectivity index is 2.31. The molecular formula is C17H21FN2. The zero-order valence-electron chi connectivity index (χ0n) is 12.5. The molecule has 1 atom stereocenters. The van der Waals surface area contributed by atoms with E-state index in [9.17, 15) is 4.39 Å². The number of halogens is 1. The van der Waals surface area contributed by atoms with Crippen LogP contribution in [0.25, 0.3) is 0 Å². The third-order valence-electron chi connectivity index (χ3n) is 3.73. The number of likely N-dealkylation sites (N-methyl/N-ethyl adjacent to an activating group) is 1. The van der Waals surface area contributed by atoms with E-state index >= 15 is 0 Å². The van der Waals surface area contributed by atoms with Gasteiger partial charge in [0.25, 0.3) is 0 Å². The maximum atomic E-state index is 13.4. The minimum Gasteiger partial charge on any atom is -0.313 e. The summed E-state index contributed by atoms with van der Waals surface area (Å²) in [5, 5.41) is 3.31. The first-order valence-corrected chi connectivity index (χ1v) is 6.87. The van der Waals surface area contributed by atoms with Crippen LogP contribution in [-0.4, -0.2) is 12.0 Å². The van der Waals surface area contributed by atoms with Crippen LogP contribution < -0.4 is 5.32 Å². The van der Waals surface area contributed by atoms with Crippen molar-refractivity contribution in [3.8, 4) is 0 Å². The van der Waals surface area contributed by atoms with Gasteiger partial charge in [0.1, 0.15) is 5.82 Å². The van der Waals surface area contributed by atoms with Gasteiger partial charge in [0, 0.05) is 17.4 Å². The minimum atomic E-state index is -0.181. The SMILES string of the molecule is CNC(Cc1cc(F)ccc1C)c1ccc(C)nc1C.